The molecule has 0 radical (unpaired) electrons. The summed E-state index contributed by atoms with van der Waals surface area (Å²) in [5.41, 5.74) is 5.26. The molecule has 0 spiro atoms. The van der Waals surface area contributed by atoms with Crippen molar-refractivity contribution in [3.05, 3.63) is 17.4 Å². The van der Waals surface area contributed by atoms with Gasteiger partial charge in [-0.05, 0) is 6.07 Å². The Kier molecular flexibility index (Phi) is 2.67. The largest absolute Gasteiger partial charge is 0.480 e. The van der Waals surface area contributed by atoms with Gasteiger partial charge in [0.1, 0.15) is 11.2 Å². The molecule has 3 N–H and O–H groups in total. The molecule has 0 aliphatic carbocycles. The monoisotopic (exact) mass is 189 g/mol. The number of halogens is 1. The van der Waals surface area contributed by atoms with Crippen molar-refractivity contribution >= 4 is 17.6 Å². The van der Waals surface area contributed by atoms with Crippen LogP contribution >= 0.6 is 11.6 Å². The number of hydrogen-bond acceptors (Lipinski definition) is 3. The lowest BCUT2D eigenvalue weighted by atomic mass is 10.3. The van der Waals surface area contributed by atoms with Crippen LogP contribution in [-0.4, -0.2) is 26.9 Å². The fourth-order valence-corrected chi connectivity index (χ4v) is 0.884. The number of carboxylic acids is 1. The van der Waals surface area contributed by atoms with E-state index in [0.29, 0.717) is 5.15 Å². The zero-order valence-corrected chi connectivity index (χ0v) is 6.90. The van der Waals surface area contributed by atoms with Gasteiger partial charge in [0.15, 0.2) is 0 Å². The van der Waals surface area contributed by atoms with Crippen molar-refractivity contribution in [1.82, 2.24) is 9.78 Å². The molecule has 5 nitrogen and oxygen atoms in total. The lowest BCUT2D eigenvalue weighted by Gasteiger charge is -2.06. The predicted octanol–water partition coefficient (Wildman–Crippen LogP) is -0.0516. The molecule has 0 unspecified atom stereocenters. The number of aliphatic carboxylic acids is 1. The van der Waals surface area contributed by atoms with Crippen LogP contribution in [0.15, 0.2) is 12.3 Å². The summed E-state index contributed by atoms with van der Waals surface area (Å²) in [6.45, 7) is 0.0845. The molecule has 1 aromatic heterocycles. The Bertz CT molecular complexity index is 286. The first-order valence-electron chi connectivity index (χ1n) is 3.27. The van der Waals surface area contributed by atoms with Gasteiger partial charge in [0.2, 0.25) is 0 Å². The molecular weight excluding hydrogens is 182 g/mol. The van der Waals surface area contributed by atoms with E-state index in [9.17, 15) is 4.79 Å². The van der Waals surface area contributed by atoms with E-state index in [1.165, 1.54) is 10.9 Å². The SMILES string of the molecule is N[C@@H](Cn1nccc1Cl)C(=O)O. The fourth-order valence-electron chi connectivity index (χ4n) is 0.715. The number of aromatic nitrogens is 2. The highest BCUT2D eigenvalue weighted by Gasteiger charge is 2.13. The van der Waals surface area contributed by atoms with Crippen LogP contribution in [-0.2, 0) is 11.3 Å². The van der Waals surface area contributed by atoms with Crippen LogP contribution < -0.4 is 5.73 Å². The van der Waals surface area contributed by atoms with Crippen molar-refractivity contribution in [3.63, 3.8) is 0 Å². The Morgan fingerprint density at radius 3 is 3.00 bits per heavy atom. The minimum Gasteiger partial charge on any atom is -0.480 e. The molecule has 0 fully saturated rings. The summed E-state index contributed by atoms with van der Waals surface area (Å²) in [6, 6.07) is 0.596. The number of nitrogens with two attached hydrogens (primary N) is 1. The first-order chi connectivity index (χ1) is 5.61. The minimum atomic E-state index is -1.07. The summed E-state index contributed by atoms with van der Waals surface area (Å²) in [6.07, 6.45) is 1.48. The molecule has 1 heterocycles. The summed E-state index contributed by atoms with van der Waals surface area (Å²) in [5, 5.41) is 12.6. The molecule has 1 rings (SSSR count). The minimum absolute atomic E-state index is 0.0845. The van der Waals surface area contributed by atoms with Gasteiger partial charge >= 0.3 is 5.97 Å². The lowest BCUT2D eigenvalue weighted by Crippen LogP contribution is -2.34. The molecule has 66 valence electrons. The second-order valence-corrected chi connectivity index (χ2v) is 2.67. The van der Waals surface area contributed by atoms with Crippen molar-refractivity contribution in [2.75, 3.05) is 0 Å². The zero-order chi connectivity index (χ0) is 9.14. The van der Waals surface area contributed by atoms with Gasteiger partial charge in [0, 0.05) is 0 Å². The van der Waals surface area contributed by atoms with Crippen molar-refractivity contribution in [2.24, 2.45) is 5.73 Å². The average molecular weight is 190 g/mol. The smallest absolute Gasteiger partial charge is 0.322 e. The molecule has 12 heavy (non-hydrogen) atoms. The van der Waals surface area contributed by atoms with Crippen molar-refractivity contribution in [2.45, 2.75) is 12.6 Å². The Labute approximate surface area is 73.7 Å². The lowest BCUT2D eigenvalue weighted by molar-refractivity contribution is -0.138. The topological polar surface area (TPSA) is 81.1 Å². The third-order valence-electron chi connectivity index (χ3n) is 1.35. The van der Waals surface area contributed by atoms with Gasteiger partial charge in [0.25, 0.3) is 0 Å². The van der Waals surface area contributed by atoms with E-state index in [4.69, 9.17) is 22.4 Å². The highest BCUT2D eigenvalue weighted by Crippen LogP contribution is 2.06. The molecule has 0 aliphatic rings. The first kappa shape index (κ1) is 9.02. The Hall–Kier alpha value is -1.07. The number of carbonyl (C=O) groups is 1. The first-order valence-corrected chi connectivity index (χ1v) is 3.64. The molecule has 0 amide bonds. The van der Waals surface area contributed by atoms with E-state index >= 15 is 0 Å². The van der Waals surface area contributed by atoms with Gasteiger partial charge in [-0.1, -0.05) is 11.6 Å². The average Bonchev–Trinajstić information content (AvgIpc) is 2.36. The molecule has 6 heteroatoms. The number of rotatable bonds is 3. The Morgan fingerprint density at radius 1 is 1.92 bits per heavy atom. The van der Waals surface area contributed by atoms with E-state index in [2.05, 4.69) is 5.10 Å². The molecule has 1 aromatic rings. The van der Waals surface area contributed by atoms with Gasteiger partial charge < -0.3 is 10.8 Å². The van der Waals surface area contributed by atoms with Gasteiger partial charge in [-0.2, -0.15) is 5.10 Å². The van der Waals surface area contributed by atoms with E-state index in [-0.39, 0.29) is 6.54 Å². The summed E-state index contributed by atoms with van der Waals surface area (Å²) in [4.78, 5) is 10.3. The molecule has 0 aliphatic heterocycles. The van der Waals surface area contributed by atoms with E-state index in [1.54, 1.807) is 6.07 Å². The molecule has 0 saturated carbocycles. The maximum atomic E-state index is 10.3. The van der Waals surface area contributed by atoms with Crippen LogP contribution in [0.4, 0.5) is 0 Å². The normalized spacial score (nSPS) is 12.8. The third kappa shape index (κ3) is 1.96. The van der Waals surface area contributed by atoms with Crippen LogP contribution in [0.5, 0.6) is 0 Å². The summed E-state index contributed by atoms with van der Waals surface area (Å²) >= 11 is 5.64. The summed E-state index contributed by atoms with van der Waals surface area (Å²) < 4.78 is 1.33. The molecule has 0 aromatic carbocycles. The van der Waals surface area contributed by atoms with E-state index in [1.807, 2.05) is 0 Å². The Balaban J connectivity index is 2.64. The van der Waals surface area contributed by atoms with Gasteiger partial charge in [-0.25, -0.2) is 0 Å². The van der Waals surface area contributed by atoms with Crippen molar-refractivity contribution in [3.8, 4) is 0 Å². The Morgan fingerprint density at radius 2 is 2.58 bits per heavy atom. The van der Waals surface area contributed by atoms with Gasteiger partial charge in [0.05, 0.1) is 12.7 Å². The van der Waals surface area contributed by atoms with Crippen molar-refractivity contribution in [1.29, 1.82) is 0 Å². The second kappa shape index (κ2) is 3.55. The second-order valence-electron chi connectivity index (χ2n) is 2.28. The highest BCUT2D eigenvalue weighted by atomic mass is 35.5. The van der Waals surface area contributed by atoms with Crippen molar-refractivity contribution < 1.29 is 9.90 Å². The van der Waals surface area contributed by atoms with E-state index < -0.39 is 12.0 Å². The van der Waals surface area contributed by atoms with Gasteiger partial charge in [-0.15, -0.1) is 0 Å². The number of nitrogens with zero attached hydrogens (tertiary/aromatic N) is 2. The highest BCUT2D eigenvalue weighted by molar-refractivity contribution is 6.29. The summed E-state index contributed by atoms with van der Waals surface area (Å²) in [5.74, 6) is -1.07. The van der Waals surface area contributed by atoms with E-state index in [0.717, 1.165) is 0 Å². The molecular formula is C6H8ClN3O2. The van der Waals surface area contributed by atoms with Gasteiger partial charge in [-0.3, -0.25) is 9.48 Å². The number of carboxylic acid groups (broad SMARTS) is 1. The maximum absolute atomic E-state index is 10.3. The fraction of sp³-hybridized carbons (Fsp3) is 0.333. The zero-order valence-electron chi connectivity index (χ0n) is 6.14. The number of hydrogen-bond donors (Lipinski definition) is 2. The quantitative estimate of drug-likeness (QED) is 0.699. The molecule has 0 saturated heterocycles. The van der Waals surface area contributed by atoms with Crippen LogP contribution in [0, 0.1) is 0 Å². The molecule has 1 atom stereocenters. The maximum Gasteiger partial charge on any atom is 0.322 e. The molecule has 0 bridgehead atoms. The van der Waals surface area contributed by atoms with Crippen LogP contribution in [0.2, 0.25) is 5.15 Å². The standard InChI is InChI=1S/C6H8ClN3O2/c7-5-1-2-9-10(5)3-4(8)6(11)12/h1-2,4H,3,8H2,(H,11,12)/t4-/m0/s1. The van der Waals surface area contributed by atoms with Crippen LogP contribution in [0.3, 0.4) is 0 Å². The summed E-state index contributed by atoms with van der Waals surface area (Å²) in [7, 11) is 0. The predicted molar refractivity (Wildman–Crippen MR) is 42.8 cm³/mol. The van der Waals surface area contributed by atoms with Crippen LogP contribution in [0.1, 0.15) is 0 Å². The van der Waals surface area contributed by atoms with Crippen LogP contribution in [0.25, 0.3) is 0 Å². The third-order valence-corrected chi connectivity index (χ3v) is 1.67.